The molecule has 2 aliphatic rings. The summed E-state index contributed by atoms with van der Waals surface area (Å²) in [5, 5.41) is 7.10. The first-order valence-electron chi connectivity index (χ1n) is 8.79. The van der Waals surface area contributed by atoms with Crippen molar-refractivity contribution < 1.29 is 4.79 Å². The third-order valence-corrected chi connectivity index (χ3v) is 5.53. The van der Waals surface area contributed by atoms with Gasteiger partial charge in [0.2, 0.25) is 0 Å². The molecule has 2 aromatic rings. The van der Waals surface area contributed by atoms with Gasteiger partial charge in [-0.15, -0.1) is 0 Å². The van der Waals surface area contributed by atoms with Crippen molar-refractivity contribution in [1.82, 2.24) is 5.32 Å². The molecule has 4 rings (SSSR count). The van der Waals surface area contributed by atoms with E-state index in [-0.39, 0.29) is 11.4 Å². The lowest BCUT2D eigenvalue weighted by Crippen LogP contribution is -2.47. The molecule has 1 heterocycles. The molecule has 0 aromatic heterocycles. The Labute approximate surface area is 153 Å². The van der Waals surface area contributed by atoms with Gasteiger partial charge in [0.25, 0.3) is 5.91 Å². The van der Waals surface area contributed by atoms with Crippen LogP contribution in [0, 0.1) is 0 Å². The second kappa shape index (κ2) is 6.57. The van der Waals surface area contributed by atoms with Crippen molar-refractivity contribution in [2.75, 3.05) is 5.32 Å². The number of amides is 1. The maximum Gasteiger partial charge on any atom is 0.250 e. The molecule has 1 spiro atoms. The summed E-state index contributed by atoms with van der Waals surface area (Å²) in [5.41, 5.74) is 4.08. The van der Waals surface area contributed by atoms with Crippen LogP contribution in [-0.4, -0.2) is 11.4 Å². The highest BCUT2D eigenvalue weighted by Crippen LogP contribution is 2.39. The quantitative estimate of drug-likeness (QED) is 0.764. The molecule has 0 bridgehead atoms. The summed E-state index contributed by atoms with van der Waals surface area (Å²) in [6.45, 7) is 0. The minimum atomic E-state index is -0.166. The molecular formula is C21H21ClN2O. The molecular weight excluding hydrogens is 332 g/mol. The van der Waals surface area contributed by atoms with Gasteiger partial charge in [-0.3, -0.25) is 4.79 Å². The number of fused-ring (bicyclic) bond motifs is 1. The highest BCUT2D eigenvalue weighted by Gasteiger charge is 2.38. The number of hydrogen-bond donors (Lipinski definition) is 2. The van der Waals surface area contributed by atoms with Crippen LogP contribution in [0.1, 0.15) is 36.8 Å². The lowest BCUT2D eigenvalue weighted by Gasteiger charge is -2.38. The molecule has 1 saturated carbocycles. The monoisotopic (exact) mass is 352 g/mol. The van der Waals surface area contributed by atoms with Gasteiger partial charge in [-0.2, -0.15) is 0 Å². The molecule has 0 atom stereocenters. The second-order valence-electron chi connectivity index (χ2n) is 6.97. The van der Waals surface area contributed by atoms with Crippen molar-refractivity contribution >= 4 is 28.9 Å². The number of hydrogen-bond acceptors (Lipinski definition) is 2. The smallest absolute Gasteiger partial charge is 0.250 e. The minimum Gasteiger partial charge on any atom is -0.379 e. The van der Waals surface area contributed by atoms with E-state index in [2.05, 4.69) is 28.8 Å². The number of nitrogens with one attached hydrogen (secondary N) is 2. The van der Waals surface area contributed by atoms with Crippen molar-refractivity contribution in [3.63, 3.8) is 0 Å². The summed E-state index contributed by atoms with van der Waals surface area (Å²) >= 11 is 6.14. The van der Waals surface area contributed by atoms with E-state index in [0.717, 1.165) is 30.5 Å². The Balaban J connectivity index is 1.64. The van der Waals surface area contributed by atoms with Gasteiger partial charge in [0.05, 0.1) is 10.7 Å². The highest BCUT2D eigenvalue weighted by molar-refractivity contribution is 6.33. The van der Waals surface area contributed by atoms with Crippen LogP contribution in [0.5, 0.6) is 0 Å². The SMILES string of the molecule is O=C(/C=C1\NC2(CCCC2)Cc2ccccc21)Nc1ccccc1Cl. The summed E-state index contributed by atoms with van der Waals surface area (Å²) < 4.78 is 0. The summed E-state index contributed by atoms with van der Waals surface area (Å²) in [6, 6.07) is 15.6. The fourth-order valence-electron chi connectivity index (χ4n) is 4.03. The molecule has 25 heavy (non-hydrogen) atoms. The van der Waals surface area contributed by atoms with E-state index in [4.69, 9.17) is 11.6 Å². The number of anilines is 1. The van der Waals surface area contributed by atoms with Crippen LogP contribution >= 0.6 is 11.6 Å². The van der Waals surface area contributed by atoms with Crippen molar-refractivity contribution in [3.05, 3.63) is 70.8 Å². The maximum atomic E-state index is 12.6. The van der Waals surface area contributed by atoms with E-state index < -0.39 is 0 Å². The molecule has 1 fully saturated rings. The summed E-state index contributed by atoms with van der Waals surface area (Å²) in [5.74, 6) is -0.166. The Morgan fingerprint density at radius 2 is 1.80 bits per heavy atom. The van der Waals surface area contributed by atoms with E-state index in [1.807, 2.05) is 18.2 Å². The molecule has 0 radical (unpaired) electrons. The van der Waals surface area contributed by atoms with Crippen LogP contribution in [0.4, 0.5) is 5.69 Å². The van der Waals surface area contributed by atoms with Gasteiger partial charge in [0.15, 0.2) is 0 Å². The number of carbonyl (C=O) groups is 1. The predicted molar refractivity (Wildman–Crippen MR) is 103 cm³/mol. The molecule has 4 heteroatoms. The Morgan fingerprint density at radius 3 is 2.60 bits per heavy atom. The van der Waals surface area contributed by atoms with Crippen molar-refractivity contribution in [2.24, 2.45) is 0 Å². The molecule has 128 valence electrons. The van der Waals surface area contributed by atoms with Gasteiger partial charge < -0.3 is 10.6 Å². The van der Waals surface area contributed by atoms with Crippen LogP contribution < -0.4 is 10.6 Å². The van der Waals surface area contributed by atoms with Crippen molar-refractivity contribution in [2.45, 2.75) is 37.6 Å². The van der Waals surface area contributed by atoms with Crippen LogP contribution in [0.25, 0.3) is 5.70 Å². The standard InChI is InChI=1S/C21H21ClN2O/c22-17-9-3-4-10-18(17)23-20(25)13-19-16-8-2-1-7-15(16)14-21(24-19)11-5-6-12-21/h1-4,7-10,13,24H,5-6,11-12,14H2,(H,23,25)/b19-13-. The first-order valence-corrected chi connectivity index (χ1v) is 9.17. The summed E-state index contributed by atoms with van der Waals surface area (Å²) in [7, 11) is 0. The van der Waals surface area contributed by atoms with Crippen LogP contribution in [-0.2, 0) is 11.2 Å². The highest BCUT2D eigenvalue weighted by atomic mass is 35.5. The molecule has 1 amide bonds. The Morgan fingerprint density at radius 1 is 1.08 bits per heavy atom. The van der Waals surface area contributed by atoms with Gasteiger partial charge in [0.1, 0.15) is 0 Å². The molecule has 2 aromatic carbocycles. The molecule has 1 aliphatic carbocycles. The zero-order valence-corrected chi connectivity index (χ0v) is 14.8. The molecule has 1 aliphatic heterocycles. The second-order valence-corrected chi connectivity index (χ2v) is 7.38. The average Bonchev–Trinajstić information content (AvgIpc) is 3.04. The summed E-state index contributed by atoms with van der Waals surface area (Å²) in [6.07, 6.45) is 7.51. The van der Waals surface area contributed by atoms with Gasteiger partial charge in [-0.25, -0.2) is 0 Å². The van der Waals surface area contributed by atoms with Gasteiger partial charge in [0, 0.05) is 22.9 Å². The fraction of sp³-hybridized carbons (Fsp3) is 0.286. The predicted octanol–water partition coefficient (Wildman–Crippen LogP) is 4.78. The Kier molecular flexibility index (Phi) is 4.26. The van der Waals surface area contributed by atoms with Crippen molar-refractivity contribution in [1.29, 1.82) is 0 Å². The van der Waals surface area contributed by atoms with Crippen LogP contribution in [0.15, 0.2) is 54.6 Å². The fourth-order valence-corrected chi connectivity index (χ4v) is 4.21. The Hall–Kier alpha value is -2.26. The third kappa shape index (κ3) is 3.29. The third-order valence-electron chi connectivity index (χ3n) is 5.20. The van der Waals surface area contributed by atoms with Gasteiger partial charge >= 0.3 is 0 Å². The molecule has 0 unspecified atom stereocenters. The zero-order valence-electron chi connectivity index (χ0n) is 14.0. The average molecular weight is 353 g/mol. The Bertz CT molecular complexity index is 837. The largest absolute Gasteiger partial charge is 0.379 e. The van der Waals surface area contributed by atoms with E-state index >= 15 is 0 Å². The molecule has 2 N–H and O–H groups in total. The van der Waals surface area contributed by atoms with Crippen molar-refractivity contribution in [3.8, 4) is 0 Å². The van der Waals surface area contributed by atoms with Crippen LogP contribution in [0.3, 0.4) is 0 Å². The van der Waals surface area contributed by atoms with E-state index in [0.29, 0.717) is 10.7 Å². The number of carbonyl (C=O) groups excluding carboxylic acids is 1. The minimum absolute atomic E-state index is 0.102. The first kappa shape index (κ1) is 16.2. The number of benzene rings is 2. The summed E-state index contributed by atoms with van der Waals surface area (Å²) in [4.78, 5) is 12.6. The first-order chi connectivity index (χ1) is 12.2. The zero-order chi connectivity index (χ0) is 17.3. The lowest BCUT2D eigenvalue weighted by molar-refractivity contribution is -0.111. The van der Waals surface area contributed by atoms with Gasteiger partial charge in [-0.05, 0) is 37.0 Å². The maximum absolute atomic E-state index is 12.6. The lowest BCUT2D eigenvalue weighted by atomic mass is 9.82. The topological polar surface area (TPSA) is 41.1 Å². The molecule has 0 saturated heterocycles. The van der Waals surface area contributed by atoms with Crippen LogP contribution in [0.2, 0.25) is 5.02 Å². The molecule has 3 nitrogen and oxygen atoms in total. The number of para-hydroxylation sites is 1. The normalized spacial score (nSPS) is 19.5. The van der Waals surface area contributed by atoms with E-state index in [1.54, 1.807) is 18.2 Å². The van der Waals surface area contributed by atoms with Gasteiger partial charge in [-0.1, -0.05) is 60.8 Å². The van der Waals surface area contributed by atoms with E-state index in [1.165, 1.54) is 18.4 Å². The van der Waals surface area contributed by atoms with E-state index in [9.17, 15) is 4.79 Å². The number of rotatable bonds is 2. The number of halogens is 1.